The van der Waals surface area contributed by atoms with Gasteiger partial charge in [0.15, 0.2) is 0 Å². The van der Waals surface area contributed by atoms with Crippen molar-refractivity contribution >= 4 is 11.6 Å². The number of hydrogen-bond acceptors (Lipinski definition) is 2. The summed E-state index contributed by atoms with van der Waals surface area (Å²) in [6, 6.07) is 6.23. The summed E-state index contributed by atoms with van der Waals surface area (Å²) in [5, 5.41) is 3.92. The molecule has 1 N–H and O–H groups in total. The van der Waals surface area contributed by atoms with Gasteiger partial charge in [-0.1, -0.05) is 17.7 Å². The highest BCUT2D eigenvalue weighted by Crippen LogP contribution is 2.32. The van der Waals surface area contributed by atoms with Crippen molar-refractivity contribution in [1.29, 1.82) is 0 Å². The Morgan fingerprint density at radius 1 is 1.26 bits per heavy atom. The van der Waals surface area contributed by atoms with E-state index in [1.54, 1.807) is 6.07 Å². The van der Waals surface area contributed by atoms with Gasteiger partial charge in [0.25, 0.3) is 0 Å². The third-order valence-electron chi connectivity index (χ3n) is 4.12. The summed E-state index contributed by atoms with van der Waals surface area (Å²) in [5.41, 5.74) is 0.766. The molecule has 0 aromatic heterocycles. The fraction of sp³-hybridized carbons (Fsp3) is 0.600. The van der Waals surface area contributed by atoms with Crippen LogP contribution in [-0.4, -0.2) is 30.1 Å². The molecule has 1 aliphatic carbocycles. The van der Waals surface area contributed by atoms with Gasteiger partial charge in [0, 0.05) is 35.8 Å². The first-order chi connectivity index (χ1) is 9.24. The molecule has 1 aliphatic heterocycles. The second kappa shape index (κ2) is 5.78. The van der Waals surface area contributed by atoms with Crippen LogP contribution in [0, 0.1) is 5.82 Å². The van der Waals surface area contributed by atoms with Crippen LogP contribution in [-0.2, 0) is 6.54 Å². The van der Waals surface area contributed by atoms with Crippen LogP contribution in [0.15, 0.2) is 18.2 Å². The smallest absolute Gasteiger partial charge is 0.129 e. The third kappa shape index (κ3) is 3.28. The van der Waals surface area contributed by atoms with Crippen molar-refractivity contribution < 1.29 is 4.39 Å². The molecular weight excluding hydrogens is 263 g/mol. The number of hydrogen-bond donors (Lipinski definition) is 1. The van der Waals surface area contributed by atoms with Crippen molar-refractivity contribution in [3.63, 3.8) is 0 Å². The minimum Gasteiger partial charge on any atom is -0.315 e. The van der Waals surface area contributed by atoms with Crippen LogP contribution in [0.1, 0.15) is 31.2 Å². The summed E-state index contributed by atoms with van der Waals surface area (Å²) in [5.74, 6) is -0.179. The lowest BCUT2D eigenvalue weighted by Gasteiger charge is -2.35. The molecule has 0 unspecified atom stereocenters. The number of piperidine rings is 1. The maximum Gasteiger partial charge on any atom is 0.129 e. The lowest BCUT2D eigenvalue weighted by Crippen LogP contribution is -2.46. The first-order valence-corrected chi connectivity index (χ1v) is 7.52. The first kappa shape index (κ1) is 13.3. The third-order valence-corrected chi connectivity index (χ3v) is 4.36. The second-order valence-corrected chi connectivity index (χ2v) is 6.08. The van der Waals surface area contributed by atoms with Crippen LogP contribution in [0.2, 0.25) is 5.02 Å². The van der Waals surface area contributed by atoms with Crippen molar-refractivity contribution in [3.05, 3.63) is 34.6 Å². The molecule has 4 heteroatoms. The molecule has 1 atom stereocenters. The monoisotopic (exact) mass is 282 g/mol. The fourth-order valence-corrected chi connectivity index (χ4v) is 3.08. The van der Waals surface area contributed by atoms with Gasteiger partial charge in [-0.25, -0.2) is 4.39 Å². The lowest BCUT2D eigenvalue weighted by atomic mass is 10.0. The van der Waals surface area contributed by atoms with E-state index in [4.69, 9.17) is 11.6 Å². The van der Waals surface area contributed by atoms with Gasteiger partial charge in [0.1, 0.15) is 5.82 Å². The topological polar surface area (TPSA) is 15.3 Å². The van der Waals surface area contributed by atoms with E-state index >= 15 is 0 Å². The maximum atomic E-state index is 13.9. The van der Waals surface area contributed by atoms with Crippen molar-refractivity contribution in [2.75, 3.05) is 13.1 Å². The summed E-state index contributed by atoms with van der Waals surface area (Å²) in [6.45, 7) is 2.86. The van der Waals surface area contributed by atoms with Crippen LogP contribution < -0.4 is 5.32 Å². The van der Waals surface area contributed by atoms with Gasteiger partial charge in [-0.15, -0.1) is 0 Å². The highest BCUT2D eigenvalue weighted by molar-refractivity contribution is 6.30. The van der Waals surface area contributed by atoms with E-state index in [2.05, 4.69) is 10.2 Å². The molecule has 2 aliphatic rings. The van der Waals surface area contributed by atoms with Crippen molar-refractivity contribution in [2.24, 2.45) is 0 Å². The van der Waals surface area contributed by atoms with Gasteiger partial charge in [-0.3, -0.25) is 4.90 Å². The number of nitrogens with one attached hydrogen (secondary N) is 1. The van der Waals surface area contributed by atoms with Crippen molar-refractivity contribution in [2.45, 2.75) is 44.3 Å². The van der Waals surface area contributed by atoms with E-state index in [1.807, 2.05) is 6.07 Å². The Hall–Kier alpha value is -0.640. The van der Waals surface area contributed by atoms with E-state index in [9.17, 15) is 4.39 Å². The normalized spacial score (nSPS) is 23.8. The summed E-state index contributed by atoms with van der Waals surface area (Å²) >= 11 is 5.81. The number of halogens is 2. The van der Waals surface area contributed by atoms with Crippen LogP contribution in [0.5, 0.6) is 0 Å². The van der Waals surface area contributed by atoms with Gasteiger partial charge in [0.05, 0.1) is 0 Å². The average molecular weight is 283 g/mol. The lowest BCUT2D eigenvalue weighted by molar-refractivity contribution is 0.147. The van der Waals surface area contributed by atoms with Crippen LogP contribution in [0.4, 0.5) is 4.39 Å². The Labute approximate surface area is 118 Å². The summed E-state index contributed by atoms with van der Waals surface area (Å²) in [7, 11) is 0. The predicted octanol–water partition coefficient (Wildman–Crippen LogP) is 3.20. The van der Waals surface area contributed by atoms with Crippen molar-refractivity contribution in [1.82, 2.24) is 10.2 Å². The highest BCUT2D eigenvalue weighted by Gasteiger charge is 2.34. The average Bonchev–Trinajstić information content (AvgIpc) is 3.23. The Kier molecular flexibility index (Phi) is 4.06. The van der Waals surface area contributed by atoms with Crippen LogP contribution >= 0.6 is 11.6 Å². The SMILES string of the molecule is Fc1cc(Cl)ccc1CN(C1CC1)[C@@H]1CCCNC1. The van der Waals surface area contributed by atoms with Crippen molar-refractivity contribution in [3.8, 4) is 0 Å². The van der Waals surface area contributed by atoms with E-state index in [0.717, 1.165) is 18.7 Å². The second-order valence-electron chi connectivity index (χ2n) is 5.64. The molecular formula is C15H20ClFN2. The summed E-state index contributed by atoms with van der Waals surface area (Å²) < 4.78 is 13.9. The molecule has 1 aromatic rings. The van der Waals surface area contributed by atoms with Crippen LogP contribution in [0.3, 0.4) is 0 Å². The zero-order chi connectivity index (χ0) is 13.2. The Morgan fingerprint density at radius 3 is 2.74 bits per heavy atom. The molecule has 0 radical (unpaired) electrons. The van der Waals surface area contributed by atoms with E-state index in [1.165, 1.54) is 31.7 Å². The largest absolute Gasteiger partial charge is 0.315 e. The van der Waals surface area contributed by atoms with Gasteiger partial charge in [0.2, 0.25) is 0 Å². The Morgan fingerprint density at radius 2 is 2.11 bits per heavy atom. The van der Waals surface area contributed by atoms with Gasteiger partial charge < -0.3 is 5.32 Å². The quantitative estimate of drug-likeness (QED) is 0.912. The molecule has 0 bridgehead atoms. The fourth-order valence-electron chi connectivity index (χ4n) is 2.93. The molecule has 1 aromatic carbocycles. The molecule has 1 heterocycles. The Balaban J connectivity index is 1.73. The molecule has 1 saturated heterocycles. The standard InChI is InChI=1S/C15H20ClFN2/c16-12-4-3-11(15(17)8-12)10-19(13-5-6-13)14-2-1-7-18-9-14/h3-4,8,13-14,18H,1-2,5-7,9-10H2/t14-/m1/s1. The Bertz CT molecular complexity index is 442. The van der Waals surface area contributed by atoms with Gasteiger partial charge >= 0.3 is 0 Å². The number of nitrogens with zero attached hydrogens (tertiary/aromatic N) is 1. The molecule has 1 saturated carbocycles. The zero-order valence-electron chi connectivity index (χ0n) is 11.0. The highest BCUT2D eigenvalue weighted by atomic mass is 35.5. The van der Waals surface area contributed by atoms with Crippen LogP contribution in [0.25, 0.3) is 0 Å². The molecule has 19 heavy (non-hydrogen) atoms. The predicted molar refractivity (Wildman–Crippen MR) is 75.9 cm³/mol. The molecule has 2 fully saturated rings. The first-order valence-electron chi connectivity index (χ1n) is 7.14. The number of benzene rings is 1. The molecule has 0 spiro atoms. The minimum atomic E-state index is -0.179. The zero-order valence-corrected chi connectivity index (χ0v) is 11.8. The van der Waals surface area contributed by atoms with E-state index in [0.29, 0.717) is 23.7 Å². The molecule has 3 rings (SSSR count). The molecule has 2 nitrogen and oxygen atoms in total. The van der Waals surface area contributed by atoms with E-state index < -0.39 is 0 Å². The maximum absolute atomic E-state index is 13.9. The molecule has 104 valence electrons. The van der Waals surface area contributed by atoms with Gasteiger partial charge in [-0.05, 0) is 44.4 Å². The molecule has 0 amide bonds. The summed E-state index contributed by atoms with van der Waals surface area (Å²) in [6.07, 6.45) is 4.95. The minimum absolute atomic E-state index is 0.179. The number of rotatable bonds is 4. The summed E-state index contributed by atoms with van der Waals surface area (Å²) in [4.78, 5) is 2.48. The van der Waals surface area contributed by atoms with Gasteiger partial charge in [-0.2, -0.15) is 0 Å². The van der Waals surface area contributed by atoms with E-state index in [-0.39, 0.29) is 5.82 Å².